The highest BCUT2D eigenvalue weighted by Crippen LogP contribution is 2.35. The summed E-state index contributed by atoms with van der Waals surface area (Å²) in [6.07, 6.45) is 1.41. The van der Waals surface area contributed by atoms with Crippen LogP contribution in [0.4, 0.5) is 0 Å². The van der Waals surface area contributed by atoms with Crippen LogP contribution in [0.3, 0.4) is 0 Å². The number of ether oxygens (including phenoxy) is 2. The van der Waals surface area contributed by atoms with Crippen LogP contribution in [0, 0.1) is 6.92 Å². The fraction of sp³-hybridized carbons (Fsp3) is 0.467. The zero-order valence-electron chi connectivity index (χ0n) is 12.1. The van der Waals surface area contributed by atoms with Crippen molar-refractivity contribution < 1.29 is 19.1 Å². The molecule has 112 valence electrons. The third-order valence-electron chi connectivity index (χ3n) is 3.97. The molecule has 1 saturated heterocycles. The number of aromatic hydroxyl groups is 1. The van der Waals surface area contributed by atoms with E-state index in [0.717, 1.165) is 11.1 Å². The molecule has 0 radical (unpaired) electrons. The van der Waals surface area contributed by atoms with Gasteiger partial charge in [0.15, 0.2) is 0 Å². The van der Waals surface area contributed by atoms with Gasteiger partial charge in [-0.1, -0.05) is 5.16 Å². The first kappa shape index (κ1) is 14.0. The first-order valence-electron chi connectivity index (χ1n) is 6.92. The molecule has 1 aromatic heterocycles. The first-order chi connectivity index (χ1) is 10.1. The molecule has 0 saturated carbocycles. The van der Waals surface area contributed by atoms with Crippen molar-refractivity contribution in [3.8, 4) is 17.2 Å². The van der Waals surface area contributed by atoms with E-state index in [1.165, 1.54) is 0 Å². The average molecular weight is 290 g/mol. The standard InChI is InChI=1S/C15H18N2O4/c1-10-9-11(3-4-12(10)18)13-16-14(17-21-13)15(19-2)5-7-20-8-6-15/h3-4,9,18H,5-8H2,1-2H3. The quantitative estimate of drug-likeness (QED) is 0.935. The summed E-state index contributed by atoms with van der Waals surface area (Å²) in [7, 11) is 1.66. The largest absolute Gasteiger partial charge is 0.508 e. The third kappa shape index (κ3) is 2.52. The lowest BCUT2D eigenvalue weighted by molar-refractivity contribution is -0.101. The van der Waals surface area contributed by atoms with Crippen LogP contribution in [0.15, 0.2) is 22.7 Å². The van der Waals surface area contributed by atoms with E-state index in [2.05, 4.69) is 10.1 Å². The molecule has 0 aliphatic carbocycles. The number of nitrogens with zero attached hydrogens (tertiary/aromatic N) is 2. The first-order valence-corrected chi connectivity index (χ1v) is 6.92. The molecule has 1 fully saturated rings. The molecule has 0 unspecified atom stereocenters. The highest BCUT2D eigenvalue weighted by Gasteiger charge is 2.39. The van der Waals surface area contributed by atoms with E-state index >= 15 is 0 Å². The Balaban J connectivity index is 1.93. The fourth-order valence-corrected chi connectivity index (χ4v) is 2.53. The van der Waals surface area contributed by atoms with Gasteiger partial charge in [0.2, 0.25) is 5.82 Å². The maximum absolute atomic E-state index is 9.58. The molecular formula is C15H18N2O4. The predicted octanol–water partition coefficient (Wildman–Crippen LogP) is 2.40. The number of aryl methyl sites for hydroxylation is 1. The molecule has 0 bridgehead atoms. The predicted molar refractivity (Wildman–Crippen MR) is 74.9 cm³/mol. The van der Waals surface area contributed by atoms with Gasteiger partial charge in [0, 0.05) is 38.7 Å². The van der Waals surface area contributed by atoms with Crippen LogP contribution < -0.4 is 0 Å². The number of hydrogen-bond acceptors (Lipinski definition) is 6. The molecule has 1 N–H and O–H groups in total. The summed E-state index contributed by atoms with van der Waals surface area (Å²) in [5, 5.41) is 13.7. The van der Waals surface area contributed by atoms with Crippen molar-refractivity contribution in [2.45, 2.75) is 25.4 Å². The molecule has 1 aliphatic heterocycles. The summed E-state index contributed by atoms with van der Waals surface area (Å²) in [6.45, 7) is 3.07. The van der Waals surface area contributed by atoms with Crippen LogP contribution in [0.2, 0.25) is 0 Å². The van der Waals surface area contributed by atoms with Crippen molar-refractivity contribution in [2.24, 2.45) is 0 Å². The number of benzene rings is 1. The number of phenolic OH excluding ortho intramolecular Hbond substituents is 1. The second-order valence-corrected chi connectivity index (χ2v) is 5.24. The van der Waals surface area contributed by atoms with Gasteiger partial charge < -0.3 is 19.1 Å². The Morgan fingerprint density at radius 3 is 2.71 bits per heavy atom. The Labute approximate surface area is 122 Å². The third-order valence-corrected chi connectivity index (χ3v) is 3.97. The number of phenols is 1. The lowest BCUT2D eigenvalue weighted by atomic mass is 9.93. The summed E-state index contributed by atoms with van der Waals surface area (Å²) in [5.41, 5.74) is 1.01. The second kappa shape index (κ2) is 5.46. The highest BCUT2D eigenvalue weighted by molar-refractivity contribution is 5.56. The van der Waals surface area contributed by atoms with Gasteiger partial charge in [-0.15, -0.1) is 0 Å². The topological polar surface area (TPSA) is 77.6 Å². The molecule has 2 aromatic rings. The van der Waals surface area contributed by atoms with E-state index in [1.807, 2.05) is 13.0 Å². The van der Waals surface area contributed by atoms with Crippen LogP contribution in [0.5, 0.6) is 5.75 Å². The molecule has 2 heterocycles. The van der Waals surface area contributed by atoms with Crippen molar-refractivity contribution in [2.75, 3.05) is 20.3 Å². The van der Waals surface area contributed by atoms with Gasteiger partial charge in [-0.3, -0.25) is 0 Å². The van der Waals surface area contributed by atoms with Gasteiger partial charge in [-0.2, -0.15) is 4.98 Å². The van der Waals surface area contributed by atoms with Crippen LogP contribution in [0.1, 0.15) is 24.2 Å². The number of methoxy groups -OCH3 is 1. The molecule has 6 nitrogen and oxygen atoms in total. The van der Waals surface area contributed by atoms with Gasteiger partial charge in [0.25, 0.3) is 5.89 Å². The van der Waals surface area contributed by atoms with Gasteiger partial charge in [-0.05, 0) is 30.7 Å². The maximum atomic E-state index is 9.58. The SMILES string of the molecule is COC1(c2noc(-c3ccc(O)c(C)c3)n2)CCOCC1. The summed E-state index contributed by atoms with van der Waals surface area (Å²) in [5.74, 6) is 1.22. The zero-order chi connectivity index (χ0) is 14.9. The Morgan fingerprint density at radius 2 is 2.05 bits per heavy atom. The van der Waals surface area contributed by atoms with Crippen molar-refractivity contribution in [3.63, 3.8) is 0 Å². The summed E-state index contributed by atoms with van der Waals surface area (Å²) in [4.78, 5) is 4.48. The number of hydrogen-bond donors (Lipinski definition) is 1. The van der Waals surface area contributed by atoms with Gasteiger partial charge in [0.1, 0.15) is 11.4 Å². The molecule has 21 heavy (non-hydrogen) atoms. The molecule has 1 aliphatic rings. The van der Waals surface area contributed by atoms with Crippen LogP contribution >= 0.6 is 0 Å². The van der Waals surface area contributed by atoms with E-state index < -0.39 is 5.60 Å². The Kier molecular flexibility index (Phi) is 3.65. The Hall–Kier alpha value is -1.92. The van der Waals surface area contributed by atoms with Crippen molar-refractivity contribution in [1.82, 2.24) is 10.1 Å². The van der Waals surface area contributed by atoms with E-state index in [-0.39, 0.29) is 5.75 Å². The lowest BCUT2D eigenvalue weighted by Gasteiger charge is -2.32. The molecule has 3 rings (SSSR count). The molecule has 0 spiro atoms. The zero-order valence-corrected chi connectivity index (χ0v) is 12.1. The van der Waals surface area contributed by atoms with E-state index in [1.54, 1.807) is 19.2 Å². The van der Waals surface area contributed by atoms with E-state index in [0.29, 0.717) is 37.8 Å². The van der Waals surface area contributed by atoms with Crippen LogP contribution in [0.25, 0.3) is 11.5 Å². The minimum atomic E-state index is -0.536. The van der Waals surface area contributed by atoms with Crippen LogP contribution in [-0.2, 0) is 15.1 Å². The Morgan fingerprint density at radius 1 is 1.29 bits per heavy atom. The van der Waals surface area contributed by atoms with Crippen molar-refractivity contribution in [3.05, 3.63) is 29.6 Å². The minimum absolute atomic E-state index is 0.247. The van der Waals surface area contributed by atoms with Gasteiger partial charge in [0.05, 0.1) is 0 Å². The van der Waals surface area contributed by atoms with Gasteiger partial charge in [-0.25, -0.2) is 0 Å². The molecule has 6 heteroatoms. The van der Waals surface area contributed by atoms with Crippen LogP contribution in [-0.4, -0.2) is 35.6 Å². The average Bonchev–Trinajstić information content (AvgIpc) is 3.01. The summed E-state index contributed by atoms with van der Waals surface area (Å²) < 4.78 is 16.4. The summed E-state index contributed by atoms with van der Waals surface area (Å²) >= 11 is 0. The minimum Gasteiger partial charge on any atom is -0.508 e. The number of rotatable bonds is 3. The number of aromatic nitrogens is 2. The monoisotopic (exact) mass is 290 g/mol. The second-order valence-electron chi connectivity index (χ2n) is 5.24. The molecule has 1 aromatic carbocycles. The molecule has 0 atom stereocenters. The van der Waals surface area contributed by atoms with Gasteiger partial charge >= 0.3 is 0 Å². The fourth-order valence-electron chi connectivity index (χ4n) is 2.53. The lowest BCUT2D eigenvalue weighted by Crippen LogP contribution is -2.36. The molecule has 0 amide bonds. The van der Waals surface area contributed by atoms with Crippen molar-refractivity contribution in [1.29, 1.82) is 0 Å². The molecular weight excluding hydrogens is 272 g/mol. The highest BCUT2D eigenvalue weighted by atomic mass is 16.5. The van der Waals surface area contributed by atoms with Crippen molar-refractivity contribution >= 4 is 0 Å². The van der Waals surface area contributed by atoms with E-state index in [9.17, 15) is 5.11 Å². The normalized spacial score (nSPS) is 17.8. The summed E-state index contributed by atoms with van der Waals surface area (Å²) in [6, 6.07) is 5.19. The smallest absolute Gasteiger partial charge is 0.258 e. The maximum Gasteiger partial charge on any atom is 0.258 e. The Bertz CT molecular complexity index is 632. The van der Waals surface area contributed by atoms with E-state index in [4.69, 9.17) is 14.0 Å².